The molecule has 0 atom stereocenters. The molecule has 0 aromatic carbocycles. The SMILES string of the molecule is O=C1OCCN1C#CCC1(Oc2nccc(C(F)(F)F)n2)CCC1. The van der Waals surface area contributed by atoms with Crippen LogP contribution in [0, 0.1) is 12.0 Å². The van der Waals surface area contributed by atoms with Crippen molar-refractivity contribution in [3.8, 4) is 18.0 Å². The van der Waals surface area contributed by atoms with E-state index in [4.69, 9.17) is 9.47 Å². The number of nitrogens with zero attached hydrogens (tertiary/aromatic N) is 3. The molecule has 24 heavy (non-hydrogen) atoms. The lowest BCUT2D eigenvalue weighted by Gasteiger charge is -2.39. The van der Waals surface area contributed by atoms with Gasteiger partial charge in [-0.3, -0.25) is 0 Å². The minimum atomic E-state index is -4.55. The normalized spacial score (nSPS) is 19.1. The van der Waals surface area contributed by atoms with Gasteiger partial charge in [0.15, 0.2) is 5.69 Å². The molecular weight excluding hydrogens is 327 g/mol. The lowest BCUT2D eigenvalue weighted by molar-refractivity contribution is -0.142. The van der Waals surface area contributed by atoms with Crippen LogP contribution >= 0.6 is 0 Å². The van der Waals surface area contributed by atoms with Gasteiger partial charge in [0.25, 0.3) is 0 Å². The van der Waals surface area contributed by atoms with Crippen LogP contribution in [0.1, 0.15) is 31.4 Å². The molecule has 1 aromatic rings. The highest BCUT2D eigenvalue weighted by atomic mass is 19.4. The van der Waals surface area contributed by atoms with Crippen LogP contribution in [0.15, 0.2) is 12.3 Å². The van der Waals surface area contributed by atoms with E-state index in [2.05, 4.69) is 21.9 Å². The first-order valence-electron chi connectivity index (χ1n) is 7.40. The highest BCUT2D eigenvalue weighted by Crippen LogP contribution is 2.38. The van der Waals surface area contributed by atoms with Gasteiger partial charge >= 0.3 is 18.3 Å². The maximum Gasteiger partial charge on any atom is 0.433 e. The molecule has 1 saturated heterocycles. The molecule has 0 bridgehead atoms. The summed E-state index contributed by atoms with van der Waals surface area (Å²) in [7, 11) is 0. The van der Waals surface area contributed by atoms with E-state index in [1.165, 1.54) is 4.90 Å². The van der Waals surface area contributed by atoms with Crippen LogP contribution in [0.25, 0.3) is 0 Å². The maximum absolute atomic E-state index is 12.7. The zero-order chi connectivity index (χ0) is 17.2. The van der Waals surface area contributed by atoms with Crippen LogP contribution in [0.5, 0.6) is 6.01 Å². The Morgan fingerprint density at radius 2 is 2.21 bits per heavy atom. The van der Waals surface area contributed by atoms with Crippen molar-refractivity contribution < 1.29 is 27.4 Å². The molecule has 2 fully saturated rings. The van der Waals surface area contributed by atoms with E-state index in [1.54, 1.807) is 0 Å². The lowest BCUT2D eigenvalue weighted by Crippen LogP contribution is -2.43. The predicted molar refractivity (Wildman–Crippen MR) is 74.7 cm³/mol. The zero-order valence-electron chi connectivity index (χ0n) is 12.6. The Morgan fingerprint density at radius 1 is 1.42 bits per heavy atom. The van der Waals surface area contributed by atoms with Crippen LogP contribution in [-0.2, 0) is 10.9 Å². The van der Waals surface area contributed by atoms with Gasteiger partial charge in [0.1, 0.15) is 12.2 Å². The summed E-state index contributed by atoms with van der Waals surface area (Å²) in [6.07, 6.45) is -1.58. The van der Waals surface area contributed by atoms with Crippen LogP contribution in [0.3, 0.4) is 0 Å². The van der Waals surface area contributed by atoms with Gasteiger partial charge in [-0.2, -0.15) is 18.2 Å². The monoisotopic (exact) mass is 341 g/mol. The molecule has 128 valence electrons. The Bertz CT molecular complexity index is 692. The molecule has 2 heterocycles. The van der Waals surface area contributed by atoms with Crippen molar-refractivity contribution >= 4 is 6.09 Å². The second kappa shape index (κ2) is 6.19. The number of carbonyl (C=O) groups excluding carboxylic acids is 1. The molecule has 0 N–H and O–H groups in total. The summed E-state index contributed by atoms with van der Waals surface area (Å²) >= 11 is 0. The number of carbonyl (C=O) groups is 1. The van der Waals surface area contributed by atoms with E-state index in [1.807, 2.05) is 0 Å². The first-order valence-corrected chi connectivity index (χ1v) is 7.40. The maximum atomic E-state index is 12.7. The molecule has 2 aliphatic rings. The van der Waals surface area contributed by atoms with E-state index in [9.17, 15) is 18.0 Å². The quantitative estimate of drug-likeness (QED) is 0.791. The number of alkyl halides is 3. The standard InChI is InChI=1S/C15H14F3N3O3/c16-15(17,18)11-3-7-19-12(20-11)24-14(4-1-5-14)6-2-8-21-9-10-23-13(21)22/h3,7H,1,4-6,9-10H2. The Kier molecular flexibility index (Phi) is 4.22. The fourth-order valence-corrected chi connectivity index (χ4v) is 2.42. The summed E-state index contributed by atoms with van der Waals surface area (Å²) in [6.45, 7) is 0.698. The molecule has 1 aliphatic heterocycles. The van der Waals surface area contributed by atoms with Crippen molar-refractivity contribution in [3.63, 3.8) is 0 Å². The minimum absolute atomic E-state index is 0.274. The number of amides is 1. The van der Waals surface area contributed by atoms with Gasteiger partial charge in [-0.1, -0.05) is 5.92 Å². The van der Waals surface area contributed by atoms with Gasteiger partial charge in [-0.25, -0.2) is 14.7 Å². The first-order chi connectivity index (χ1) is 11.4. The van der Waals surface area contributed by atoms with Crippen molar-refractivity contribution in [1.29, 1.82) is 0 Å². The third kappa shape index (κ3) is 3.53. The molecular formula is C15H14F3N3O3. The van der Waals surface area contributed by atoms with Crippen molar-refractivity contribution in [2.24, 2.45) is 0 Å². The van der Waals surface area contributed by atoms with Crippen LogP contribution in [-0.4, -0.2) is 39.7 Å². The molecule has 0 unspecified atom stereocenters. The first kappa shape index (κ1) is 16.4. The van der Waals surface area contributed by atoms with Crippen molar-refractivity contribution in [2.45, 2.75) is 37.5 Å². The summed E-state index contributed by atoms with van der Waals surface area (Å²) in [5, 5.41) is 0. The second-order valence-electron chi connectivity index (χ2n) is 5.59. The van der Waals surface area contributed by atoms with E-state index in [-0.39, 0.29) is 12.4 Å². The largest absolute Gasteiger partial charge is 0.456 e. The third-order valence-electron chi connectivity index (χ3n) is 3.88. The fraction of sp³-hybridized carbons (Fsp3) is 0.533. The average molecular weight is 341 g/mol. The zero-order valence-corrected chi connectivity index (χ0v) is 12.6. The predicted octanol–water partition coefficient (Wildman–Crippen LogP) is 2.60. The number of hydrogen-bond acceptors (Lipinski definition) is 5. The van der Waals surface area contributed by atoms with Crippen molar-refractivity contribution in [3.05, 3.63) is 18.0 Å². The van der Waals surface area contributed by atoms with E-state index < -0.39 is 23.6 Å². The van der Waals surface area contributed by atoms with Crippen LogP contribution in [0.2, 0.25) is 0 Å². The Balaban J connectivity index is 1.68. The number of hydrogen-bond donors (Lipinski definition) is 0. The number of halogens is 3. The van der Waals surface area contributed by atoms with Crippen LogP contribution < -0.4 is 4.74 Å². The molecule has 1 aromatic heterocycles. The molecule has 3 rings (SSSR count). The van der Waals surface area contributed by atoms with Gasteiger partial charge in [0.05, 0.1) is 13.0 Å². The Morgan fingerprint density at radius 3 is 2.79 bits per heavy atom. The number of ether oxygens (including phenoxy) is 2. The van der Waals surface area contributed by atoms with E-state index in [0.29, 0.717) is 26.0 Å². The van der Waals surface area contributed by atoms with Gasteiger partial charge in [-0.15, -0.1) is 0 Å². The van der Waals surface area contributed by atoms with Crippen molar-refractivity contribution in [2.75, 3.05) is 13.2 Å². The van der Waals surface area contributed by atoms with Gasteiger partial charge in [0, 0.05) is 12.2 Å². The summed E-state index contributed by atoms with van der Waals surface area (Å²) < 4.78 is 48.4. The Labute approximate surface area is 136 Å². The smallest absolute Gasteiger partial charge is 0.433 e. The van der Waals surface area contributed by atoms with Crippen LogP contribution in [0.4, 0.5) is 18.0 Å². The highest BCUT2D eigenvalue weighted by molar-refractivity contribution is 5.71. The third-order valence-corrected chi connectivity index (χ3v) is 3.88. The molecule has 1 amide bonds. The number of aromatic nitrogens is 2. The summed E-state index contributed by atoms with van der Waals surface area (Å²) in [4.78, 5) is 19.7. The lowest BCUT2D eigenvalue weighted by atomic mass is 9.78. The van der Waals surface area contributed by atoms with E-state index >= 15 is 0 Å². The number of cyclic esters (lactones) is 1. The number of rotatable bonds is 3. The highest BCUT2D eigenvalue weighted by Gasteiger charge is 2.40. The molecule has 0 radical (unpaired) electrons. The molecule has 9 heteroatoms. The minimum Gasteiger partial charge on any atom is -0.456 e. The fourth-order valence-electron chi connectivity index (χ4n) is 2.42. The topological polar surface area (TPSA) is 64.5 Å². The molecule has 1 aliphatic carbocycles. The molecule has 1 saturated carbocycles. The average Bonchev–Trinajstić information content (AvgIpc) is 2.89. The van der Waals surface area contributed by atoms with Crippen molar-refractivity contribution in [1.82, 2.24) is 14.9 Å². The molecule has 0 spiro atoms. The molecule has 6 nitrogen and oxygen atoms in total. The summed E-state index contributed by atoms with van der Waals surface area (Å²) in [5.74, 6) is 2.84. The van der Waals surface area contributed by atoms with E-state index in [0.717, 1.165) is 18.7 Å². The van der Waals surface area contributed by atoms with Gasteiger partial charge in [-0.05, 0) is 25.3 Å². The summed E-state index contributed by atoms with van der Waals surface area (Å²) in [5.41, 5.74) is -1.76. The summed E-state index contributed by atoms with van der Waals surface area (Å²) in [6, 6.07) is 3.16. The Hall–Kier alpha value is -2.50. The second-order valence-corrected chi connectivity index (χ2v) is 5.59. The van der Waals surface area contributed by atoms with Gasteiger partial charge < -0.3 is 9.47 Å². The van der Waals surface area contributed by atoms with Gasteiger partial charge in [0.2, 0.25) is 0 Å².